The van der Waals surface area contributed by atoms with Crippen molar-refractivity contribution in [1.82, 2.24) is 15.1 Å². The van der Waals surface area contributed by atoms with Gasteiger partial charge in [0.25, 0.3) is 0 Å². The van der Waals surface area contributed by atoms with Crippen molar-refractivity contribution in [3.63, 3.8) is 0 Å². The van der Waals surface area contributed by atoms with Crippen LogP contribution in [-0.2, 0) is 9.59 Å². The molecule has 0 spiro atoms. The number of rotatable bonds is 5. The third-order valence-corrected chi connectivity index (χ3v) is 6.43. The Morgan fingerprint density at radius 2 is 1.78 bits per heavy atom. The summed E-state index contributed by atoms with van der Waals surface area (Å²) >= 11 is 0. The van der Waals surface area contributed by atoms with Gasteiger partial charge in [-0.05, 0) is 44.6 Å². The van der Waals surface area contributed by atoms with Gasteiger partial charge in [0.05, 0.1) is 5.92 Å². The molecule has 5 nitrogen and oxygen atoms in total. The van der Waals surface area contributed by atoms with Crippen LogP contribution in [0.4, 0.5) is 0 Å². The van der Waals surface area contributed by atoms with E-state index in [1.165, 1.54) is 5.56 Å². The van der Waals surface area contributed by atoms with Crippen LogP contribution in [0.15, 0.2) is 30.3 Å². The lowest BCUT2D eigenvalue weighted by molar-refractivity contribution is -0.137. The average Bonchev–Trinajstić information content (AvgIpc) is 3.46. The molecule has 0 radical (unpaired) electrons. The second-order valence-electron chi connectivity index (χ2n) is 8.47. The van der Waals surface area contributed by atoms with E-state index in [-0.39, 0.29) is 29.7 Å². The Morgan fingerprint density at radius 3 is 2.52 bits per heavy atom. The largest absolute Gasteiger partial charge is 0.352 e. The molecular weight excluding hydrogens is 338 g/mol. The fraction of sp³-hybridized carbons (Fsp3) is 0.636. The van der Waals surface area contributed by atoms with Crippen molar-refractivity contribution < 1.29 is 9.59 Å². The van der Waals surface area contributed by atoms with Crippen molar-refractivity contribution in [2.75, 3.05) is 26.2 Å². The van der Waals surface area contributed by atoms with Gasteiger partial charge in [0.2, 0.25) is 11.8 Å². The standard InChI is InChI=1S/C22H31N3O2/c1-16(17-6-3-2-4-7-17)24-13-11-20(15-24)23-21(26)19-8-5-12-25(14-19)22(27)18-9-10-18/h2-4,6-7,16,18-20H,5,8-15H2,1H3,(H,23,26). The molecule has 2 heterocycles. The van der Waals surface area contributed by atoms with Crippen LogP contribution in [-0.4, -0.2) is 53.8 Å². The molecule has 146 valence electrons. The molecule has 27 heavy (non-hydrogen) atoms. The van der Waals surface area contributed by atoms with Crippen molar-refractivity contribution in [3.8, 4) is 0 Å². The Labute approximate surface area is 162 Å². The highest BCUT2D eigenvalue weighted by Crippen LogP contribution is 2.32. The van der Waals surface area contributed by atoms with Crippen molar-refractivity contribution in [2.24, 2.45) is 11.8 Å². The number of carbonyl (C=O) groups excluding carboxylic acids is 2. The van der Waals surface area contributed by atoms with E-state index in [9.17, 15) is 9.59 Å². The zero-order valence-electron chi connectivity index (χ0n) is 16.3. The molecule has 0 bridgehead atoms. The van der Waals surface area contributed by atoms with Gasteiger partial charge in [0.15, 0.2) is 0 Å². The van der Waals surface area contributed by atoms with E-state index in [0.717, 1.165) is 51.7 Å². The number of piperidine rings is 1. The number of nitrogens with one attached hydrogen (secondary N) is 1. The van der Waals surface area contributed by atoms with Crippen LogP contribution in [0.5, 0.6) is 0 Å². The maximum absolute atomic E-state index is 12.8. The van der Waals surface area contributed by atoms with Gasteiger partial charge in [0.1, 0.15) is 0 Å². The summed E-state index contributed by atoms with van der Waals surface area (Å²) < 4.78 is 0. The Bertz CT molecular complexity index is 673. The van der Waals surface area contributed by atoms with Gasteiger partial charge in [-0.25, -0.2) is 0 Å². The fourth-order valence-electron chi connectivity index (χ4n) is 4.50. The monoisotopic (exact) mass is 369 g/mol. The first kappa shape index (κ1) is 18.5. The number of nitrogens with zero attached hydrogens (tertiary/aromatic N) is 2. The molecule has 2 aliphatic heterocycles. The van der Waals surface area contributed by atoms with Crippen LogP contribution in [0.2, 0.25) is 0 Å². The number of amides is 2. The Balaban J connectivity index is 1.28. The summed E-state index contributed by atoms with van der Waals surface area (Å²) in [5.41, 5.74) is 1.32. The molecule has 1 saturated carbocycles. The predicted octanol–water partition coefficient (Wildman–Crippen LogP) is 2.59. The molecule has 1 aliphatic carbocycles. The average molecular weight is 370 g/mol. The minimum atomic E-state index is -0.0398. The molecule has 3 atom stereocenters. The summed E-state index contributed by atoms with van der Waals surface area (Å²) in [6.45, 7) is 5.59. The maximum atomic E-state index is 12.8. The summed E-state index contributed by atoms with van der Waals surface area (Å²) in [5.74, 6) is 0.621. The van der Waals surface area contributed by atoms with Crippen LogP contribution >= 0.6 is 0 Å². The van der Waals surface area contributed by atoms with E-state index in [4.69, 9.17) is 0 Å². The van der Waals surface area contributed by atoms with E-state index in [1.807, 2.05) is 11.0 Å². The third-order valence-electron chi connectivity index (χ3n) is 6.43. The first-order valence-electron chi connectivity index (χ1n) is 10.5. The van der Waals surface area contributed by atoms with Crippen molar-refractivity contribution in [3.05, 3.63) is 35.9 Å². The number of carbonyl (C=O) groups is 2. The second-order valence-corrected chi connectivity index (χ2v) is 8.47. The number of benzene rings is 1. The van der Waals surface area contributed by atoms with Gasteiger partial charge in [-0.1, -0.05) is 30.3 Å². The van der Waals surface area contributed by atoms with E-state index in [1.54, 1.807) is 0 Å². The van der Waals surface area contributed by atoms with Crippen LogP contribution in [0, 0.1) is 11.8 Å². The molecule has 1 N–H and O–H groups in total. The van der Waals surface area contributed by atoms with E-state index in [2.05, 4.69) is 41.4 Å². The Kier molecular flexibility index (Phi) is 5.48. The maximum Gasteiger partial charge on any atom is 0.225 e. The topological polar surface area (TPSA) is 52.7 Å². The molecule has 0 aromatic heterocycles. The number of hydrogen-bond donors (Lipinski definition) is 1. The van der Waals surface area contributed by atoms with E-state index < -0.39 is 0 Å². The van der Waals surface area contributed by atoms with Gasteiger partial charge >= 0.3 is 0 Å². The molecule has 1 aromatic carbocycles. The Morgan fingerprint density at radius 1 is 1.00 bits per heavy atom. The number of hydrogen-bond acceptors (Lipinski definition) is 3. The van der Waals surface area contributed by atoms with Gasteiger partial charge in [-0.15, -0.1) is 0 Å². The lowest BCUT2D eigenvalue weighted by Gasteiger charge is -2.33. The van der Waals surface area contributed by atoms with Gasteiger partial charge in [0, 0.05) is 44.2 Å². The van der Waals surface area contributed by atoms with Crippen molar-refractivity contribution >= 4 is 11.8 Å². The SMILES string of the molecule is CC(c1ccccc1)N1CCC(NC(=O)C2CCCN(C(=O)C3CC3)C2)C1. The second kappa shape index (κ2) is 8.01. The van der Waals surface area contributed by atoms with Crippen LogP contribution in [0.25, 0.3) is 0 Å². The molecule has 2 saturated heterocycles. The Hall–Kier alpha value is -1.88. The van der Waals surface area contributed by atoms with Crippen molar-refractivity contribution in [2.45, 2.75) is 51.1 Å². The fourth-order valence-corrected chi connectivity index (χ4v) is 4.50. The van der Waals surface area contributed by atoms with E-state index >= 15 is 0 Å². The highest BCUT2D eigenvalue weighted by Gasteiger charge is 2.37. The quantitative estimate of drug-likeness (QED) is 0.868. The zero-order valence-corrected chi connectivity index (χ0v) is 16.3. The lowest BCUT2D eigenvalue weighted by atomic mass is 9.96. The van der Waals surface area contributed by atoms with Crippen LogP contribution in [0.1, 0.15) is 50.6 Å². The first-order chi connectivity index (χ1) is 13.1. The summed E-state index contributed by atoms with van der Waals surface area (Å²) in [4.78, 5) is 29.5. The summed E-state index contributed by atoms with van der Waals surface area (Å²) in [6, 6.07) is 11.1. The molecule has 3 fully saturated rings. The van der Waals surface area contributed by atoms with Crippen LogP contribution < -0.4 is 5.32 Å². The normalized spacial score (nSPS) is 27.4. The van der Waals surface area contributed by atoms with Crippen molar-refractivity contribution in [1.29, 1.82) is 0 Å². The van der Waals surface area contributed by atoms with Gasteiger partial charge in [-0.2, -0.15) is 0 Å². The van der Waals surface area contributed by atoms with Crippen LogP contribution in [0.3, 0.4) is 0 Å². The molecular formula is C22H31N3O2. The minimum absolute atomic E-state index is 0.0398. The number of likely N-dealkylation sites (tertiary alicyclic amines) is 2. The molecule has 1 aromatic rings. The smallest absolute Gasteiger partial charge is 0.225 e. The summed E-state index contributed by atoms with van der Waals surface area (Å²) in [7, 11) is 0. The third kappa shape index (κ3) is 4.34. The minimum Gasteiger partial charge on any atom is -0.352 e. The highest BCUT2D eigenvalue weighted by molar-refractivity contribution is 5.83. The van der Waals surface area contributed by atoms with Gasteiger partial charge < -0.3 is 10.2 Å². The first-order valence-corrected chi connectivity index (χ1v) is 10.5. The zero-order chi connectivity index (χ0) is 18.8. The van der Waals surface area contributed by atoms with Gasteiger partial charge in [-0.3, -0.25) is 14.5 Å². The molecule has 5 heteroatoms. The van der Waals surface area contributed by atoms with E-state index in [0.29, 0.717) is 12.6 Å². The molecule has 3 unspecified atom stereocenters. The summed E-state index contributed by atoms with van der Waals surface area (Å²) in [6.07, 6.45) is 4.91. The predicted molar refractivity (Wildman–Crippen MR) is 105 cm³/mol. The molecule has 3 aliphatic rings. The highest BCUT2D eigenvalue weighted by atomic mass is 16.2. The molecule has 4 rings (SSSR count). The molecule has 2 amide bonds. The lowest BCUT2D eigenvalue weighted by Crippen LogP contribution is -2.48. The summed E-state index contributed by atoms with van der Waals surface area (Å²) in [5, 5.41) is 3.27.